The highest BCUT2D eigenvalue weighted by Gasteiger charge is 2.26. The summed E-state index contributed by atoms with van der Waals surface area (Å²) in [6.45, 7) is 6.21. The molecule has 9 nitrogen and oxygen atoms in total. The first kappa shape index (κ1) is 26.2. The summed E-state index contributed by atoms with van der Waals surface area (Å²) in [5, 5.41) is -0.0338. The molecule has 0 radical (unpaired) electrons. The van der Waals surface area contributed by atoms with Crippen LogP contribution in [0.1, 0.15) is 36.8 Å². The number of carbonyl (C=O) groups excluding carboxylic acids is 2. The number of anilines is 1. The number of aromatic nitrogens is 2. The summed E-state index contributed by atoms with van der Waals surface area (Å²) in [7, 11) is -2.68. The molecular formula is C24H26ClN3O6S. The number of esters is 1. The van der Waals surface area contributed by atoms with Crippen LogP contribution >= 0.6 is 11.6 Å². The molecule has 1 N–H and O–H groups in total. The summed E-state index contributed by atoms with van der Waals surface area (Å²) in [5.41, 5.74) is -0.618. The Labute approximate surface area is 208 Å². The molecule has 0 saturated carbocycles. The van der Waals surface area contributed by atoms with Crippen LogP contribution in [0.5, 0.6) is 0 Å². The largest absolute Gasteiger partial charge is 0.454 e. The number of nitrogens with zero attached hydrogens (tertiary/aromatic N) is 2. The molecule has 2 aromatic carbocycles. The molecule has 0 aliphatic heterocycles. The van der Waals surface area contributed by atoms with Gasteiger partial charge in [0.1, 0.15) is 5.69 Å². The number of ether oxygens (including phenoxy) is 1. The molecule has 3 aromatic rings. The van der Waals surface area contributed by atoms with Crippen LogP contribution in [0.15, 0.2) is 58.2 Å². The average Bonchev–Trinajstić information content (AvgIpc) is 2.99. The Morgan fingerprint density at radius 2 is 1.71 bits per heavy atom. The number of hydrogen-bond donors (Lipinski definition) is 1. The van der Waals surface area contributed by atoms with Crippen molar-refractivity contribution in [3.63, 3.8) is 0 Å². The maximum Gasteiger partial charge on any atom is 0.338 e. The molecule has 0 bridgehead atoms. The summed E-state index contributed by atoms with van der Waals surface area (Å²) >= 11 is 6.07. The summed E-state index contributed by atoms with van der Waals surface area (Å²) < 4.78 is 36.5. The Bertz CT molecular complexity index is 1450. The minimum atomic E-state index is -4.31. The zero-order chi connectivity index (χ0) is 26.1. The fourth-order valence-electron chi connectivity index (χ4n) is 3.15. The van der Waals surface area contributed by atoms with Gasteiger partial charge in [-0.2, -0.15) is 0 Å². The predicted molar refractivity (Wildman–Crippen MR) is 133 cm³/mol. The van der Waals surface area contributed by atoms with Crippen molar-refractivity contribution in [2.75, 3.05) is 11.3 Å². The van der Waals surface area contributed by atoms with Crippen LogP contribution in [-0.2, 0) is 26.6 Å². The van der Waals surface area contributed by atoms with E-state index < -0.39 is 33.6 Å². The number of nitrogens with one attached hydrogen (secondary N) is 1. The van der Waals surface area contributed by atoms with Gasteiger partial charge >= 0.3 is 5.97 Å². The Balaban J connectivity index is 1.93. The molecule has 0 unspecified atom stereocenters. The molecule has 11 heteroatoms. The second-order valence-electron chi connectivity index (χ2n) is 8.97. The summed E-state index contributed by atoms with van der Waals surface area (Å²) in [4.78, 5) is 37.3. The predicted octanol–water partition coefficient (Wildman–Crippen LogP) is 3.71. The lowest BCUT2D eigenvalue weighted by atomic mass is 9.91. The second-order valence-corrected chi connectivity index (χ2v) is 11.1. The third kappa shape index (κ3) is 5.66. The van der Waals surface area contributed by atoms with E-state index >= 15 is 0 Å². The molecule has 0 spiro atoms. The van der Waals surface area contributed by atoms with E-state index in [1.54, 1.807) is 65.1 Å². The van der Waals surface area contributed by atoms with Crippen molar-refractivity contribution in [3.8, 4) is 5.69 Å². The van der Waals surface area contributed by atoms with Crippen molar-refractivity contribution in [1.82, 2.24) is 9.36 Å². The first-order chi connectivity index (χ1) is 16.2. The van der Waals surface area contributed by atoms with Crippen molar-refractivity contribution in [2.24, 2.45) is 12.5 Å². The van der Waals surface area contributed by atoms with E-state index in [9.17, 15) is 22.8 Å². The topological polar surface area (TPSA) is 116 Å². The first-order valence-electron chi connectivity index (χ1n) is 10.6. The van der Waals surface area contributed by atoms with Gasteiger partial charge in [-0.25, -0.2) is 17.9 Å². The van der Waals surface area contributed by atoms with E-state index in [0.717, 1.165) is 12.1 Å². The molecule has 186 valence electrons. The van der Waals surface area contributed by atoms with E-state index in [0.29, 0.717) is 11.4 Å². The Morgan fingerprint density at radius 1 is 1.09 bits per heavy atom. The minimum Gasteiger partial charge on any atom is -0.454 e. The molecule has 0 saturated heterocycles. The van der Waals surface area contributed by atoms with Gasteiger partial charge in [0.25, 0.3) is 15.6 Å². The van der Waals surface area contributed by atoms with Gasteiger partial charge in [0.05, 0.1) is 21.8 Å². The zero-order valence-corrected chi connectivity index (χ0v) is 21.5. The zero-order valence-electron chi connectivity index (χ0n) is 20.0. The van der Waals surface area contributed by atoms with Crippen LogP contribution < -0.4 is 10.3 Å². The van der Waals surface area contributed by atoms with Gasteiger partial charge in [0.2, 0.25) is 0 Å². The van der Waals surface area contributed by atoms with E-state index in [1.807, 2.05) is 0 Å². The third-order valence-electron chi connectivity index (χ3n) is 5.38. The SMILES string of the molecule is Cc1c(NS(=O)(=O)c2cc(Cl)cc(C(=O)OCC(=O)C(C)(C)C)c2)c(=O)n(-c2ccccc2)n1C. The van der Waals surface area contributed by atoms with Gasteiger partial charge in [-0.15, -0.1) is 0 Å². The van der Waals surface area contributed by atoms with E-state index in [-0.39, 0.29) is 27.0 Å². The number of sulfonamides is 1. The number of para-hydroxylation sites is 1. The molecule has 1 aromatic heterocycles. The highest BCUT2D eigenvalue weighted by molar-refractivity contribution is 7.92. The number of rotatable bonds is 7. The summed E-state index contributed by atoms with van der Waals surface area (Å²) in [5.74, 6) is -1.19. The monoisotopic (exact) mass is 519 g/mol. The Hall–Kier alpha value is -3.37. The fourth-order valence-corrected chi connectivity index (χ4v) is 4.63. The van der Waals surface area contributed by atoms with Crippen LogP contribution in [-0.4, -0.2) is 36.1 Å². The quantitative estimate of drug-likeness (QED) is 0.476. The summed E-state index contributed by atoms with van der Waals surface area (Å²) in [6, 6.07) is 12.2. The van der Waals surface area contributed by atoms with Crippen LogP contribution in [0, 0.1) is 12.3 Å². The molecular weight excluding hydrogens is 494 g/mol. The van der Waals surface area contributed by atoms with Crippen LogP contribution in [0.25, 0.3) is 5.69 Å². The van der Waals surface area contributed by atoms with Crippen molar-refractivity contribution < 1.29 is 22.7 Å². The van der Waals surface area contributed by atoms with Crippen LogP contribution in [0.4, 0.5) is 5.69 Å². The van der Waals surface area contributed by atoms with Gasteiger partial charge < -0.3 is 4.74 Å². The maximum absolute atomic E-state index is 13.2. The molecule has 0 atom stereocenters. The molecule has 1 heterocycles. The van der Waals surface area contributed by atoms with Crippen LogP contribution in [0.2, 0.25) is 5.02 Å². The lowest BCUT2D eigenvalue weighted by Crippen LogP contribution is -2.26. The Morgan fingerprint density at radius 3 is 2.31 bits per heavy atom. The molecule has 35 heavy (non-hydrogen) atoms. The van der Waals surface area contributed by atoms with E-state index in [4.69, 9.17) is 16.3 Å². The Kier molecular flexibility index (Phi) is 7.28. The van der Waals surface area contributed by atoms with Crippen molar-refractivity contribution in [3.05, 3.63) is 75.2 Å². The lowest BCUT2D eigenvalue weighted by Gasteiger charge is -2.16. The smallest absolute Gasteiger partial charge is 0.338 e. The first-order valence-corrected chi connectivity index (χ1v) is 12.5. The van der Waals surface area contributed by atoms with E-state index in [2.05, 4.69) is 4.72 Å². The van der Waals surface area contributed by atoms with Gasteiger partial charge in [-0.05, 0) is 37.3 Å². The highest BCUT2D eigenvalue weighted by atomic mass is 35.5. The molecule has 0 aliphatic rings. The number of Topliss-reactive ketones (excluding diaryl/α,β-unsaturated/α-hetero) is 1. The van der Waals surface area contributed by atoms with Crippen molar-refractivity contribution >= 4 is 39.1 Å². The molecule has 3 rings (SSSR count). The van der Waals surface area contributed by atoms with Gasteiger partial charge in [-0.3, -0.25) is 19.0 Å². The summed E-state index contributed by atoms with van der Waals surface area (Å²) in [6.07, 6.45) is 0. The van der Waals surface area contributed by atoms with Crippen LogP contribution in [0.3, 0.4) is 0 Å². The average molecular weight is 520 g/mol. The number of hydrogen-bond acceptors (Lipinski definition) is 6. The highest BCUT2D eigenvalue weighted by Crippen LogP contribution is 2.24. The number of ketones is 1. The fraction of sp³-hybridized carbons (Fsp3) is 0.292. The molecule has 0 amide bonds. The van der Waals surface area contributed by atoms with E-state index in [1.165, 1.54) is 15.4 Å². The number of carbonyl (C=O) groups is 2. The standard InChI is InChI=1S/C24H26ClN3O6S/c1-15-21(22(30)28(27(15)5)18-9-7-6-8-10-18)26-35(32,33)19-12-16(11-17(25)13-19)23(31)34-14-20(29)24(2,3)4/h6-13,26H,14H2,1-5H3. The van der Waals surface area contributed by atoms with Crippen molar-refractivity contribution in [1.29, 1.82) is 0 Å². The number of benzene rings is 2. The van der Waals surface area contributed by atoms with Gasteiger partial charge in [-0.1, -0.05) is 50.6 Å². The molecule has 0 fully saturated rings. The normalized spacial score (nSPS) is 11.8. The third-order valence-corrected chi connectivity index (χ3v) is 6.93. The van der Waals surface area contributed by atoms with Gasteiger partial charge in [0, 0.05) is 17.5 Å². The van der Waals surface area contributed by atoms with Gasteiger partial charge in [0.15, 0.2) is 12.4 Å². The lowest BCUT2D eigenvalue weighted by molar-refractivity contribution is -0.129. The maximum atomic E-state index is 13.2. The number of halogens is 1. The van der Waals surface area contributed by atoms with Crippen molar-refractivity contribution in [2.45, 2.75) is 32.6 Å². The second kappa shape index (κ2) is 9.71. The molecule has 0 aliphatic carbocycles. The minimum absolute atomic E-state index is 0.0338.